The van der Waals surface area contributed by atoms with Gasteiger partial charge in [-0.15, -0.1) is 0 Å². The zero-order valence-electron chi connectivity index (χ0n) is 8.05. The van der Waals surface area contributed by atoms with Crippen LogP contribution in [0.3, 0.4) is 0 Å². The molecule has 1 aliphatic rings. The molecule has 0 spiro atoms. The van der Waals surface area contributed by atoms with Crippen LogP contribution in [0.25, 0.3) is 0 Å². The van der Waals surface area contributed by atoms with Crippen LogP contribution in [0, 0.1) is 11.3 Å². The predicted molar refractivity (Wildman–Crippen MR) is 54.7 cm³/mol. The third-order valence-electron chi connectivity index (χ3n) is 2.57. The van der Waals surface area contributed by atoms with Gasteiger partial charge in [-0.3, -0.25) is 4.98 Å². The lowest BCUT2D eigenvalue weighted by Gasteiger charge is -2.07. The molecule has 1 unspecified atom stereocenters. The first kappa shape index (κ1) is 10.1. The fraction of sp³-hybridized carbons (Fsp3) is 0.400. The van der Waals surface area contributed by atoms with Gasteiger partial charge >= 0.3 is 0 Å². The molecular formula is C10H10N2O2S. The van der Waals surface area contributed by atoms with Crippen LogP contribution in [0.5, 0.6) is 0 Å². The molecular weight excluding hydrogens is 212 g/mol. The van der Waals surface area contributed by atoms with Crippen molar-refractivity contribution in [2.75, 3.05) is 5.75 Å². The van der Waals surface area contributed by atoms with Gasteiger partial charge < -0.3 is 0 Å². The summed E-state index contributed by atoms with van der Waals surface area (Å²) in [5.41, 5.74) is 1.01. The number of rotatable bonds is 1. The second-order valence-electron chi connectivity index (χ2n) is 3.58. The standard InChI is InChI=1S/C10H10N2O2S/c11-6-8-3-4-9(12-7-8)10-2-1-5-15(10,13)14/h3-4,7,10H,1-2,5H2. The number of nitrogens with zero attached hydrogens (tertiary/aromatic N) is 2. The minimum atomic E-state index is -3.01. The summed E-state index contributed by atoms with van der Waals surface area (Å²) in [4.78, 5) is 4.03. The van der Waals surface area contributed by atoms with E-state index >= 15 is 0 Å². The first-order valence-electron chi connectivity index (χ1n) is 4.71. The molecule has 2 heterocycles. The van der Waals surface area contributed by atoms with Gasteiger partial charge in [0.1, 0.15) is 11.3 Å². The lowest BCUT2D eigenvalue weighted by Crippen LogP contribution is -2.09. The number of nitriles is 1. The molecule has 2 rings (SSSR count). The molecule has 1 aliphatic heterocycles. The van der Waals surface area contributed by atoms with E-state index < -0.39 is 15.1 Å². The van der Waals surface area contributed by atoms with E-state index in [1.165, 1.54) is 6.20 Å². The Morgan fingerprint density at radius 3 is 2.73 bits per heavy atom. The van der Waals surface area contributed by atoms with Crippen molar-refractivity contribution >= 4 is 9.84 Å². The van der Waals surface area contributed by atoms with E-state index in [1.54, 1.807) is 12.1 Å². The Morgan fingerprint density at radius 1 is 1.47 bits per heavy atom. The highest BCUT2D eigenvalue weighted by Gasteiger charge is 2.33. The summed E-state index contributed by atoms with van der Waals surface area (Å²) in [5, 5.41) is 8.12. The van der Waals surface area contributed by atoms with Crippen molar-refractivity contribution in [2.45, 2.75) is 18.1 Å². The summed E-state index contributed by atoms with van der Waals surface area (Å²) >= 11 is 0. The highest BCUT2D eigenvalue weighted by Crippen LogP contribution is 2.33. The molecule has 0 aromatic carbocycles. The van der Waals surface area contributed by atoms with E-state index in [2.05, 4.69) is 4.98 Å². The number of hydrogen-bond donors (Lipinski definition) is 0. The topological polar surface area (TPSA) is 70.8 Å². The molecule has 78 valence electrons. The Balaban J connectivity index is 2.35. The van der Waals surface area contributed by atoms with Crippen molar-refractivity contribution in [1.82, 2.24) is 4.98 Å². The van der Waals surface area contributed by atoms with E-state index in [9.17, 15) is 8.42 Å². The average molecular weight is 222 g/mol. The van der Waals surface area contributed by atoms with Crippen LogP contribution < -0.4 is 0 Å². The molecule has 0 bridgehead atoms. The first-order valence-corrected chi connectivity index (χ1v) is 6.42. The Labute approximate surface area is 88.5 Å². The van der Waals surface area contributed by atoms with Gasteiger partial charge in [-0.05, 0) is 25.0 Å². The van der Waals surface area contributed by atoms with Crippen LogP contribution in [0.1, 0.15) is 29.3 Å². The van der Waals surface area contributed by atoms with Gasteiger partial charge in [0.25, 0.3) is 0 Å². The molecule has 0 radical (unpaired) electrons. The Bertz CT molecular complexity index is 499. The van der Waals surface area contributed by atoms with Crippen molar-refractivity contribution in [3.63, 3.8) is 0 Å². The number of sulfone groups is 1. The molecule has 1 fully saturated rings. The van der Waals surface area contributed by atoms with Crippen LogP contribution in [-0.4, -0.2) is 19.2 Å². The van der Waals surface area contributed by atoms with E-state index in [4.69, 9.17) is 5.26 Å². The Morgan fingerprint density at radius 2 is 2.27 bits per heavy atom. The quantitative estimate of drug-likeness (QED) is 0.715. The fourth-order valence-corrected chi connectivity index (χ4v) is 3.67. The third-order valence-corrected chi connectivity index (χ3v) is 4.78. The van der Waals surface area contributed by atoms with Gasteiger partial charge in [-0.1, -0.05) is 0 Å². The van der Waals surface area contributed by atoms with Crippen molar-refractivity contribution in [1.29, 1.82) is 5.26 Å². The minimum absolute atomic E-state index is 0.249. The molecule has 1 saturated heterocycles. The maximum Gasteiger partial charge on any atom is 0.158 e. The smallest absolute Gasteiger partial charge is 0.158 e. The van der Waals surface area contributed by atoms with Gasteiger partial charge in [0, 0.05) is 6.20 Å². The number of pyridine rings is 1. The molecule has 1 aromatic rings. The molecule has 0 amide bonds. The lowest BCUT2D eigenvalue weighted by molar-refractivity contribution is 0.591. The van der Waals surface area contributed by atoms with Gasteiger partial charge in [0.2, 0.25) is 0 Å². The normalized spacial score (nSPS) is 23.5. The van der Waals surface area contributed by atoms with E-state index in [0.717, 1.165) is 0 Å². The maximum absolute atomic E-state index is 11.6. The fourth-order valence-electron chi connectivity index (χ4n) is 1.79. The molecule has 15 heavy (non-hydrogen) atoms. The summed E-state index contributed by atoms with van der Waals surface area (Å²) in [5.74, 6) is 0.249. The largest absolute Gasteiger partial charge is 0.259 e. The molecule has 5 heteroatoms. The van der Waals surface area contributed by atoms with E-state index in [1.807, 2.05) is 6.07 Å². The van der Waals surface area contributed by atoms with Crippen LogP contribution in [0.4, 0.5) is 0 Å². The van der Waals surface area contributed by atoms with Crippen molar-refractivity contribution in [2.24, 2.45) is 0 Å². The Kier molecular flexibility index (Phi) is 2.45. The Hall–Kier alpha value is -1.41. The van der Waals surface area contributed by atoms with Gasteiger partial charge in [-0.25, -0.2) is 8.42 Å². The molecule has 0 N–H and O–H groups in total. The monoisotopic (exact) mass is 222 g/mol. The number of aromatic nitrogens is 1. The first-order chi connectivity index (χ1) is 7.13. The van der Waals surface area contributed by atoms with Crippen molar-refractivity contribution in [3.05, 3.63) is 29.6 Å². The molecule has 4 nitrogen and oxygen atoms in total. The number of hydrogen-bond acceptors (Lipinski definition) is 4. The van der Waals surface area contributed by atoms with Crippen molar-refractivity contribution < 1.29 is 8.42 Å². The molecule has 0 aliphatic carbocycles. The average Bonchev–Trinajstić information content (AvgIpc) is 2.58. The van der Waals surface area contributed by atoms with E-state index in [0.29, 0.717) is 24.1 Å². The summed E-state index contributed by atoms with van der Waals surface area (Å²) in [6.07, 6.45) is 2.76. The molecule has 0 saturated carbocycles. The minimum Gasteiger partial charge on any atom is -0.259 e. The van der Waals surface area contributed by atoms with Gasteiger partial charge in [-0.2, -0.15) is 5.26 Å². The van der Waals surface area contributed by atoms with E-state index in [-0.39, 0.29) is 5.75 Å². The predicted octanol–water partition coefficient (Wildman–Crippen LogP) is 1.20. The van der Waals surface area contributed by atoms with Gasteiger partial charge in [0.05, 0.1) is 17.0 Å². The van der Waals surface area contributed by atoms with Crippen LogP contribution in [0.15, 0.2) is 18.3 Å². The summed E-state index contributed by atoms with van der Waals surface area (Å²) in [6, 6.07) is 5.19. The third kappa shape index (κ3) is 1.85. The molecule has 1 atom stereocenters. The maximum atomic E-state index is 11.6. The van der Waals surface area contributed by atoms with Crippen LogP contribution in [-0.2, 0) is 9.84 Å². The lowest BCUT2D eigenvalue weighted by atomic mass is 10.1. The zero-order chi connectivity index (χ0) is 10.9. The zero-order valence-corrected chi connectivity index (χ0v) is 8.87. The van der Waals surface area contributed by atoms with Crippen molar-refractivity contribution in [3.8, 4) is 6.07 Å². The van der Waals surface area contributed by atoms with Crippen LogP contribution >= 0.6 is 0 Å². The highest BCUT2D eigenvalue weighted by molar-refractivity contribution is 7.91. The second kappa shape index (κ2) is 3.63. The molecule has 1 aromatic heterocycles. The second-order valence-corrected chi connectivity index (χ2v) is 5.88. The summed E-state index contributed by atoms with van der Waals surface area (Å²) in [6.45, 7) is 0. The highest BCUT2D eigenvalue weighted by atomic mass is 32.2. The summed E-state index contributed by atoms with van der Waals surface area (Å²) < 4.78 is 23.2. The SMILES string of the molecule is N#Cc1ccc(C2CCCS2(=O)=O)nc1. The summed E-state index contributed by atoms with van der Waals surface area (Å²) in [7, 11) is -3.01. The van der Waals surface area contributed by atoms with Gasteiger partial charge in [0.15, 0.2) is 9.84 Å². The van der Waals surface area contributed by atoms with Crippen LogP contribution in [0.2, 0.25) is 0 Å².